The van der Waals surface area contributed by atoms with Crippen LogP contribution in [0, 0.1) is 0 Å². The summed E-state index contributed by atoms with van der Waals surface area (Å²) in [5.74, 6) is -1.25. The van der Waals surface area contributed by atoms with Gasteiger partial charge in [-0.15, -0.1) is 0 Å². The van der Waals surface area contributed by atoms with Gasteiger partial charge in [0.25, 0.3) is 0 Å². The van der Waals surface area contributed by atoms with Gasteiger partial charge in [-0.1, -0.05) is 0 Å². The summed E-state index contributed by atoms with van der Waals surface area (Å²) in [5, 5.41) is 8.38. The average Bonchev–Trinajstić information content (AvgIpc) is 2.08. The second-order valence-electron chi connectivity index (χ2n) is 1.46. The Morgan fingerprint density at radius 2 is 2.75 bits per heavy atom. The minimum absolute atomic E-state index is 0.189. The Morgan fingerprint density at radius 1 is 2.00 bits per heavy atom. The topological polar surface area (TPSA) is 49.7 Å². The Kier molecular flexibility index (Phi) is 0.782. The van der Waals surface area contributed by atoms with Crippen molar-refractivity contribution in [2.24, 2.45) is 4.99 Å². The van der Waals surface area contributed by atoms with Crippen LogP contribution in [0.3, 0.4) is 0 Å². The molecule has 0 atom stereocenters. The zero-order valence-corrected chi connectivity index (χ0v) is 4.22. The fourth-order valence-electron chi connectivity index (χ4n) is 0.541. The summed E-state index contributed by atoms with van der Waals surface area (Å²) in [7, 11) is 0. The van der Waals surface area contributed by atoms with Crippen molar-refractivity contribution in [1.29, 1.82) is 0 Å². The molecule has 0 fully saturated rings. The van der Waals surface area contributed by atoms with Gasteiger partial charge >= 0.3 is 5.97 Å². The van der Waals surface area contributed by atoms with E-state index < -0.39 is 12.3 Å². The first-order valence-electron chi connectivity index (χ1n) is 3.32. The van der Waals surface area contributed by atoms with Crippen molar-refractivity contribution < 1.29 is 12.6 Å². The number of carboxylic acids is 1. The summed E-state index contributed by atoms with van der Waals surface area (Å²) < 4.78 is 14.3. The molecule has 0 radical (unpaired) electrons. The first kappa shape index (κ1) is 3.22. The summed E-state index contributed by atoms with van der Waals surface area (Å²) >= 11 is 0. The maximum absolute atomic E-state index is 10.2. The summed E-state index contributed by atoms with van der Waals surface area (Å²) in [6, 6.07) is 0. The second-order valence-corrected chi connectivity index (χ2v) is 1.46. The molecule has 1 N–H and O–H groups in total. The SMILES string of the molecule is [2H]C1([2H])CCN=C1C(=O)O. The third-order valence-corrected chi connectivity index (χ3v) is 0.877. The van der Waals surface area contributed by atoms with Gasteiger partial charge < -0.3 is 5.11 Å². The molecule has 0 aliphatic carbocycles. The van der Waals surface area contributed by atoms with E-state index in [4.69, 9.17) is 7.85 Å². The van der Waals surface area contributed by atoms with Crippen LogP contribution in [-0.2, 0) is 4.79 Å². The molecule has 0 aromatic carbocycles. The second kappa shape index (κ2) is 1.94. The van der Waals surface area contributed by atoms with E-state index >= 15 is 0 Å². The molecular weight excluding hydrogens is 106 g/mol. The monoisotopic (exact) mass is 115 g/mol. The van der Waals surface area contributed by atoms with Gasteiger partial charge in [-0.25, -0.2) is 4.79 Å². The molecule has 0 amide bonds. The number of carbonyl (C=O) groups is 1. The molecule has 1 aliphatic rings. The Balaban J connectivity index is 2.85. The van der Waals surface area contributed by atoms with Crippen LogP contribution in [0.5, 0.6) is 0 Å². The molecular formula is C5H7NO2. The molecule has 0 unspecified atom stereocenters. The molecule has 0 saturated carbocycles. The Hall–Kier alpha value is -0.860. The third-order valence-electron chi connectivity index (χ3n) is 0.877. The lowest BCUT2D eigenvalue weighted by atomic mass is 10.2. The zero-order valence-electron chi connectivity index (χ0n) is 6.22. The van der Waals surface area contributed by atoms with Gasteiger partial charge in [-0.3, -0.25) is 4.99 Å². The summed E-state index contributed by atoms with van der Waals surface area (Å²) in [4.78, 5) is 13.8. The Morgan fingerprint density at radius 3 is 3.00 bits per heavy atom. The molecule has 0 aromatic heterocycles. The van der Waals surface area contributed by atoms with Crippen molar-refractivity contribution in [3.63, 3.8) is 0 Å². The third kappa shape index (κ3) is 0.857. The molecule has 0 saturated heterocycles. The van der Waals surface area contributed by atoms with Crippen LogP contribution in [0.15, 0.2) is 4.99 Å². The highest BCUT2D eigenvalue weighted by molar-refractivity contribution is 6.35. The largest absolute Gasteiger partial charge is 0.477 e. The number of hydrogen-bond acceptors (Lipinski definition) is 2. The van der Waals surface area contributed by atoms with E-state index in [0.29, 0.717) is 0 Å². The number of nitrogens with zero attached hydrogens (tertiary/aromatic N) is 1. The van der Waals surface area contributed by atoms with Crippen molar-refractivity contribution >= 4 is 11.7 Å². The molecule has 3 nitrogen and oxygen atoms in total. The summed E-state index contributed by atoms with van der Waals surface area (Å²) in [6.45, 7) is 0.286. The molecule has 8 heavy (non-hydrogen) atoms. The van der Waals surface area contributed by atoms with Crippen LogP contribution in [0.1, 0.15) is 15.5 Å². The first-order chi connectivity index (χ1) is 4.54. The van der Waals surface area contributed by atoms with Crippen molar-refractivity contribution in [2.75, 3.05) is 6.54 Å². The van der Waals surface area contributed by atoms with Crippen molar-refractivity contribution in [3.8, 4) is 0 Å². The van der Waals surface area contributed by atoms with E-state index in [0.717, 1.165) is 0 Å². The summed E-state index contributed by atoms with van der Waals surface area (Å²) in [5.41, 5.74) is -0.340. The highest BCUT2D eigenvalue weighted by Crippen LogP contribution is 2.02. The van der Waals surface area contributed by atoms with Gasteiger partial charge in [0.1, 0.15) is 5.71 Å². The highest BCUT2D eigenvalue weighted by atomic mass is 16.4. The lowest BCUT2D eigenvalue weighted by Crippen LogP contribution is -2.08. The normalized spacial score (nSPS) is 28.2. The standard InChI is InChI=1S/C5H7NO2/c7-5(8)4-2-1-3-6-4/h1-3H2,(H,7,8)/i2D2. The van der Waals surface area contributed by atoms with E-state index in [1.54, 1.807) is 0 Å². The van der Waals surface area contributed by atoms with E-state index in [-0.39, 0.29) is 18.7 Å². The van der Waals surface area contributed by atoms with Crippen LogP contribution in [0.25, 0.3) is 0 Å². The van der Waals surface area contributed by atoms with Crippen LogP contribution >= 0.6 is 0 Å². The predicted molar refractivity (Wildman–Crippen MR) is 29.2 cm³/mol. The van der Waals surface area contributed by atoms with E-state index in [1.165, 1.54) is 0 Å². The van der Waals surface area contributed by atoms with Crippen molar-refractivity contribution in [3.05, 3.63) is 0 Å². The number of carboxylic acid groups (broad SMARTS) is 1. The Labute approximate surface area is 49.9 Å². The molecule has 0 spiro atoms. The maximum atomic E-state index is 10.2. The molecule has 1 aliphatic heterocycles. The molecule has 1 heterocycles. The number of aliphatic carboxylic acids is 1. The van der Waals surface area contributed by atoms with Crippen LogP contribution in [0.4, 0.5) is 0 Å². The molecule has 1 rings (SSSR count). The van der Waals surface area contributed by atoms with Crippen molar-refractivity contribution in [2.45, 2.75) is 12.8 Å². The van der Waals surface area contributed by atoms with Crippen LogP contribution in [-0.4, -0.2) is 23.3 Å². The highest BCUT2D eigenvalue weighted by Gasteiger charge is 2.12. The van der Waals surface area contributed by atoms with Crippen LogP contribution in [0.2, 0.25) is 0 Å². The fraction of sp³-hybridized carbons (Fsp3) is 0.600. The molecule has 0 aromatic rings. The predicted octanol–water partition coefficient (Wildman–Crippen LogP) is 0.306. The average molecular weight is 115 g/mol. The van der Waals surface area contributed by atoms with Gasteiger partial charge in [0.15, 0.2) is 0 Å². The quantitative estimate of drug-likeness (QED) is 0.534. The number of rotatable bonds is 1. The van der Waals surface area contributed by atoms with E-state index in [2.05, 4.69) is 4.99 Å². The van der Waals surface area contributed by atoms with Gasteiger partial charge in [0.2, 0.25) is 0 Å². The number of aliphatic imine (C=N–C) groups is 1. The number of hydrogen-bond donors (Lipinski definition) is 1. The van der Waals surface area contributed by atoms with E-state index in [1.807, 2.05) is 0 Å². The Bertz CT molecular complexity index is 200. The molecule has 44 valence electrons. The fourth-order valence-corrected chi connectivity index (χ4v) is 0.541. The smallest absolute Gasteiger partial charge is 0.349 e. The summed E-state index contributed by atoms with van der Waals surface area (Å²) in [6.07, 6.45) is -1.53. The van der Waals surface area contributed by atoms with Gasteiger partial charge in [0.05, 0.1) is 0 Å². The lowest BCUT2D eigenvalue weighted by molar-refractivity contribution is -0.129. The molecule has 0 bridgehead atoms. The van der Waals surface area contributed by atoms with Gasteiger partial charge in [-0.2, -0.15) is 0 Å². The zero-order chi connectivity index (χ0) is 7.78. The van der Waals surface area contributed by atoms with Crippen molar-refractivity contribution in [1.82, 2.24) is 0 Å². The minimum atomic E-state index is -1.72. The van der Waals surface area contributed by atoms with Gasteiger partial charge in [-0.05, 0) is 12.8 Å². The van der Waals surface area contributed by atoms with Crippen LogP contribution < -0.4 is 0 Å². The first-order valence-corrected chi connectivity index (χ1v) is 2.32. The minimum Gasteiger partial charge on any atom is -0.477 e. The maximum Gasteiger partial charge on any atom is 0.349 e. The van der Waals surface area contributed by atoms with Gasteiger partial charge in [0, 0.05) is 9.29 Å². The van der Waals surface area contributed by atoms with E-state index in [9.17, 15) is 4.79 Å². The lowest BCUT2D eigenvalue weighted by Gasteiger charge is -1.84. The molecule has 3 heteroatoms.